The molecule has 0 spiro atoms. The molecular weight excluding hydrogens is 374 g/mol. The lowest BCUT2D eigenvalue weighted by Gasteiger charge is -2.09. The molecule has 3 aromatic rings. The van der Waals surface area contributed by atoms with Gasteiger partial charge in [0.2, 0.25) is 21.8 Å². The molecule has 0 bridgehead atoms. The van der Waals surface area contributed by atoms with Crippen LogP contribution in [0.25, 0.3) is 11.5 Å². The fourth-order valence-electron chi connectivity index (χ4n) is 2.51. The number of aromatic nitrogens is 2. The molecule has 1 aromatic carbocycles. The molecule has 7 nitrogen and oxygen atoms in total. The molecule has 0 radical (unpaired) electrons. The van der Waals surface area contributed by atoms with Crippen LogP contribution < -0.4 is 9.46 Å². The third kappa shape index (κ3) is 3.50. The first kappa shape index (κ1) is 17.2. The Balaban J connectivity index is 1.50. The number of sulfonamides is 1. The number of nitrogens with one attached hydrogen (secondary N) is 1. The van der Waals surface area contributed by atoms with E-state index in [0.717, 1.165) is 29.7 Å². The maximum absolute atomic E-state index is 12.6. The van der Waals surface area contributed by atoms with Gasteiger partial charge in [-0.3, -0.25) is 0 Å². The monoisotopic (exact) mass is 391 g/mol. The lowest BCUT2D eigenvalue weighted by atomic mass is 10.2. The van der Waals surface area contributed by atoms with Crippen molar-refractivity contribution in [2.24, 2.45) is 0 Å². The first-order valence-electron chi connectivity index (χ1n) is 8.10. The Morgan fingerprint density at radius 1 is 1.31 bits per heavy atom. The average Bonchev–Trinajstić information content (AvgIpc) is 3.17. The van der Waals surface area contributed by atoms with Crippen LogP contribution in [0.5, 0.6) is 5.75 Å². The zero-order valence-electron chi connectivity index (χ0n) is 14.0. The van der Waals surface area contributed by atoms with Crippen LogP contribution in [-0.2, 0) is 16.6 Å². The maximum atomic E-state index is 12.6. The van der Waals surface area contributed by atoms with Crippen molar-refractivity contribution in [2.75, 3.05) is 7.11 Å². The van der Waals surface area contributed by atoms with E-state index < -0.39 is 10.0 Å². The van der Waals surface area contributed by atoms with Gasteiger partial charge in [-0.05, 0) is 25.0 Å². The van der Waals surface area contributed by atoms with Crippen molar-refractivity contribution < 1.29 is 17.6 Å². The van der Waals surface area contributed by atoms with Crippen LogP contribution in [0, 0.1) is 0 Å². The van der Waals surface area contributed by atoms with Crippen molar-refractivity contribution in [3.8, 4) is 17.2 Å². The fourth-order valence-corrected chi connectivity index (χ4v) is 4.71. The molecule has 1 saturated carbocycles. The zero-order valence-corrected chi connectivity index (χ0v) is 15.6. The molecule has 1 aliphatic rings. The number of rotatable bonds is 7. The number of benzene rings is 1. The molecule has 0 saturated heterocycles. The normalized spacial score (nSPS) is 14.5. The Labute approximate surface area is 155 Å². The van der Waals surface area contributed by atoms with Gasteiger partial charge >= 0.3 is 0 Å². The second-order valence-electron chi connectivity index (χ2n) is 6.01. The summed E-state index contributed by atoms with van der Waals surface area (Å²) in [5.74, 6) is 1.99. The minimum absolute atomic E-state index is 0.145. The molecule has 0 aliphatic heterocycles. The highest BCUT2D eigenvalue weighted by atomic mass is 32.2. The summed E-state index contributed by atoms with van der Waals surface area (Å²) < 4.78 is 38.8. The standard InChI is InChI=1S/C17H17N3O4S2/c1-23-14-5-3-2-4-12(14)9-18-26(21,22)15-8-13(10-25-15)17-20-19-16(24-17)11-6-7-11/h2-5,8,10-11,18H,6-7,9H2,1H3. The Morgan fingerprint density at radius 2 is 2.12 bits per heavy atom. The van der Waals surface area contributed by atoms with Crippen LogP contribution in [0.1, 0.15) is 30.2 Å². The van der Waals surface area contributed by atoms with E-state index >= 15 is 0 Å². The molecule has 4 rings (SSSR count). The van der Waals surface area contributed by atoms with Gasteiger partial charge < -0.3 is 9.15 Å². The summed E-state index contributed by atoms with van der Waals surface area (Å²) in [6, 6.07) is 8.84. The molecule has 1 fully saturated rings. The third-order valence-electron chi connectivity index (χ3n) is 4.10. The van der Waals surface area contributed by atoms with Gasteiger partial charge in [0.15, 0.2) is 0 Å². The Kier molecular flexibility index (Phi) is 4.51. The highest BCUT2D eigenvalue weighted by Crippen LogP contribution is 2.40. The Bertz CT molecular complexity index is 1020. The van der Waals surface area contributed by atoms with Crippen molar-refractivity contribution in [3.63, 3.8) is 0 Å². The summed E-state index contributed by atoms with van der Waals surface area (Å²) in [7, 11) is -2.09. The first-order chi connectivity index (χ1) is 12.6. The van der Waals surface area contributed by atoms with E-state index in [1.165, 1.54) is 0 Å². The second-order valence-corrected chi connectivity index (χ2v) is 8.92. The topological polar surface area (TPSA) is 94.3 Å². The maximum Gasteiger partial charge on any atom is 0.250 e. The molecule has 0 atom stereocenters. The molecule has 1 N–H and O–H groups in total. The highest BCUT2D eigenvalue weighted by molar-refractivity contribution is 7.91. The van der Waals surface area contributed by atoms with Gasteiger partial charge in [0.25, 0.3) is 0 Å². The molecule has 26 heavy (non-hydrogen) atoms. The number of hydrogen-bond donors (Lipinski definition) is 1. The van der Waals surface area contributed by atoms with Crippen molar-refractivity contribution in [3.05, 3.63) is 47.2 Å². The molecule has 0 unspecified atom stereocenters. The lowest BCUT2D eigenvalue weighted by molar-refractivity contribution is 0.409. The molecule has 136 valence electrons. The average molecular weight is 391 g/mol. The second kappa shape index (κ2) is 6.82. The van der Waals surface area contributed by atoms with Crippen LogP contribution in [-0.4, -0.2) is 25.7 Å². The van der Waals surface area contributed by atoms with E-state index in [1.807, 2.05) is 18.2 Å². The minimum atomic E-state index is -3.64. The first-order valence-corrected chi connectivity index (χ1v) is 10.5. The Morgan fingerprint density at radius 3 is 2.88 bits per heavy atom. The molecule has 9 heteroatoms. The third-order valence-corrected chi connectivity index (χ3v) is 6.94. The van der Waals surface area contributed by atoms with Crippen LogP contribution in [0.4, 0.5) is 0 Å². The summed E-state index contributed by atoms with van der Waals surface area (Å²) in [4.78, 5) is 0. The van der Waals surface area contributed by atoms with Crippen molar-refractivity contribution in [1.29, 1.82) is 0 Å². The fraction of sp³-hybridized carbons (Fsp3) is 0.294. The summed E-state index contributed by atoms with van der Waals surface area (Å²) in [6.07, 6.45) is 2.13. The van der Waals surface area contributed by atoms with E-state index in [9.17, 15) is 8.42 Å². The van der Waals surface area contributed by atoms with E-state index in [0.29, 0.717) is 29.0 Å². The molecule has 1 aliphatic carbocycles. The van der Waals surface area contributed by atoms with Crippen LogP contribution >= 0.6 is 11.3 Å². The number of para-hydroxylation sites is 1. The largest absolute Gasteiger partial charge is 0.496 e. The lowest BCUT2D eigenvalue weighted by Crippen LogP contribution is -2.22. The van der Waals surface area contributed by atoms with Crippen LogP contribution in [0.2, 0.25) is 0 Å². The van der Waals surface area contributed by atoms with Crippen LogP contribution in [0.15, 0.2) is 44.3 Å². The Hall–Kier alpha value is -2.23. The molecule has 0 amide bonds. The van der Waals surface area contributed by atoms with Gasteiger partial charge in [0.05, 0.1) is 12.7 Å². The van der Waals surface area contributed by atoms with Gasteiger partial charge in [-0.15, -0.1) is 21.5 Å². The van der Waals surface area contributed by atoms with Gasteiger partial charge in [-0.25, -0.2) is 13.1 Å². The van der Waals surface area contributed by atoms with E-state index in [4.69, 9.17) is 9.15 Å². The van der Waals surface area contributed by atoms with Crippen molar-refractivity contribution >= 4 is 21.4 Å². The SMILES string of the molecule is COc1ccccc1CNS(=O)(=O)c1cc(-c2nnc(C3CC3)o2)cs1. The summed E-state index contributed by atoms with van der Waals surface area (Å²) in [5, 5.41) is 9.76. The predicted molar refractivity (Wildman–Crippen MR) is 96.6 cm³/mol. The number of methoxy groups -OCH3 is 1. The zero-order chi connectivity index (χ0) is 18.1. The summed E-state index contributed by atoms with van der Waals surface area (Å²) in [6.45, 7) is 0.145. The van der Waals surface area contributed by atoms with E-state index in [-0.39, 0.29) is 10.8 Å². The summed E-state index contributed by atoms with van der Waals surface area (Å²) >= 11 is 1.12. The smallest absolute Gasteiger partial charge is 0.250 e. The highest BCUT2D eigenvalue weighted by Gasteiger charge is 2.30. The van der Waals surface area contributed by atoms with E-state index in [2.05, 4.69) is 14.9 Å². The molecule has 2 heterocycles. The number of thiophene rings is 1. The van der Waals surface area contributed by atoms with Gasteiger partial charge in [-0.2, -0.15) is 0 Å². The number of ether oxygens (including phenoxy) is 1. The van der Waals surface area contributed by atoms with Crippen LogP contribution in [0.3, 0.4) is 0 Å². The quantitative estimate of drug-likeness (QED) is 0.665. The molecular formula is C17H17N3O4S2. The van der Waals surface area contributed by atoms with E-state index in [1.54, 1.807) is 24.6 Å². The van der Waals surface area contributed by atoms with Crippen molar-refractivity contribution in [1.82, 2.24) is 14.9 Å². The minimum Gasteiger partial charge on any atom is -0.496 e. The van der Waals surface area contributed by atoms with Gasteiger partial charge in [-0.1, -0.05) is 18.2 Å². The van der Waals surface area contributed by atoms with Gasteiger partial charge in [0, 0.05) is 23.4 Å². The van der Waals surface area contributed by atoms with Crippen molar-refractivity contribution in [2.45, 2.75) is 29.5 Å². The molecule has 2 aromatic heterocycles. The summed E-state index contributed by atoms with van der Waals surface area (Å²) in [5.41, 5.74) is 1.38. The van der Waals surface area contributed by atoms with Gasteiger partial charge in [0.1, 0.15) is 9.96 Å². The number of hydrogen-bond acceptors (Lipinski definition) is 7. The number of nitrogens with zero attached hydrogens (tertiary/aromatic N) is 2. The predicted octanol–water partition coefficient (Wildman–Crippen LogP) is 3.16.